The van der Waals surface area contributed by atoms with Gasteiger partial charge in [0.25, 0.3) is 0 Å². The highest BCUT2D eigenvalue weighted by atomic mass is 16.5. The number of hydrogen-bond acceptors (Lipinski definition) is 5. The van der Waals surface area contributed by atoms with Gasteiger partial charge < -0.3 is 20.1 Å². The van der Waals surface area contributed by atoms with Gasteiger partial charge in [-0.25, -0.2) is 4.79 Å². The van der Waals surface area contributed by atoms with Gasteiger partial charge in [-0.05, 0) is 19.1 Å². The summed E-state index contributed by atoms with van der Waals surface area (Å²) in [5, 5.41) is 5.25. The molecule has 0 aliphatic carbocycles. The first-order chi connectivity index (χ1) is 11.0. The van der Waals surface area contributed by atoms with E-state index in [-0.39, 0.29) is 17.9 Å². The van der Waals surface area contributed by atoms with Crippen LogP contribution in [0.1, 0.15) is 13.3 Å². The van der Waals surface area contributed by atoms with Gasteiger partial charge in [-0.3, -0.25) is 9.59 Å². The van der Waals surface area contributed by atoms with Crippen molar-refractivity contribution in [2.45, 2.75) is 13.3 Å². The van der Waals surface area contributed by atoms with Crippen molar-refractivity contribution in [1.29, 1.82) is 0 Å². The number of esters is 1. The number of allylic oxidation sites excluding steroid dienone is 1. The van der Waals surface area contributed by atoms with Gasteiger partial charge in [0.05, 0.1) is 25.7 Å². The van der Waals surface area contributed by atoms with Crippen LogP contribution in [-0.2, 0) is 19.1 Å². The highest BCUT2D eigenvalue weighted by molar-refractivity contribution is 6.06. The second-order valence-corrected chi connectivity index (χ2v) is 5.06. The summed E-state index contributed by atoms with van der Waals surface area (Å²) in [4.78, 5) is 36.1. The first-order valence-electron chi connectivity index (χ1n) is 7.00. The van der Waals surface area contributed by atoms with Crippen molar-refractivity contribution < 1.29 is 23.9 Å². The maximum absolute atomic E-state index is 12.5. The fourth-order valence-corrected chi connectivity index (χ4v) is 2.44. The molecular weight excluding hydrogens is 300 g/mol. The summed E-state index contributed by atoms with van der Waals surface area (Å²) in [6.07, 6.45) is -0.114. The number of amides is 2. The van der Waals surface area contributed by atoms with E-state index in [0.717, 1.165) is 0 Å². The average molecular weight is 318 g/mol. The molecule has 23 heavy (non-hydrogen) atoms. The van der Waals surface area contributed by atoms with Crippen LogP contribution in [0.2, 0.25) is 0 Å². The van der Waals surface area contributed by atoms with Gasteiger partial charge >= 0.3 is 5.97 Å². The monoisotopic (exact) mass is 318 g/mol. The Morgan fingerprint density at radius 1 is 1.30 bits per heavy atom. The molecule has 2 N–H and O–H groups in total. The Morgan fingerprint density at radius 2 is 2.04 bits per heavy atom. The van der Waals surface area contributed by atoms with Crippen molar-refractivity contribution in [2.75, 3.05) is 19.5 Å². The molecule has 0 spiro atoms. The Labute approximate surface area is 133 Å². The van der Waals surface area contributed by atoms with Gasteiger partial charge in [-0.15, -0.1) is 0 Å². The molecule has 1 atom stereocenters. The van der Waals surface area contributed by atoms with Crippen LogP contribution in [-0.4, -0.2) is 32.0 Å². The van der Waals surface area contributed by atoms with Crippen molar-refractivity contribution in [3.63, 3.8) is 0 Å². The van der Waals surface area contributed by atoms with E-state index in [1.165, 1.54) is 14.2 Å². The summed E-state index contributed by atoms with van der Waals surface area (Å²) in [5.41, 5.74) is 1.01. The number of carbonyl (C=O) groups excluding carboxylic acids is 3. The van der Waals surface area contributed by atoms with Crippen molar-refractivity contribution in [2.24, 2.45) is 5.92 Å². The summed E-state index contributed by atoms with van der Waals surface area (Å²) < 4.78 is 9.81. The molecule has 0 saturated heterocycles. The molecule has 1 heterocycles. The molecule has 1 aromatic carbocycles. The number of ether oxygens (including phenoxy) is 2. The highest BCUT2D eigenvalue weighted by Crippen LogP contribution is 2.26. The molecule has 0 fully saturated rings. The van der Waals surface area contributed by atoms with E-state index in [9.17, 15) is 14.4 Å². The van der Waals surface area contributed by atoms with Gasteiger partial charge in [0.1, 0.15) is 5.75 Å². The second-order valence-electron chi connectivity index (χ2n) is 5.06. The lowest BCUT2D eigenvalue weighted by Gasteiger charge is -2.25. The molecule has 2 amide bonds. The largest absolute Gasteiger partial charge is 0.497 e. The molecule has 0 radical (unpaired) electrons. The highest BCUT2D eigenvalue weighted by Gasteiger charge is 2.36. The summed E-state index contributed by atoms with van der Waals surface area (Å²) in [7, 11) is 2.75. The van der Waals surface area contributed by atoms with E-state index in [4.69, 9.17) is 9.47 Å². The number of hydrogen-bond donors (Lipinski definition) is 2. The smallest absolute Gasteiger partial charge is 0.336 e. The van der Waals surface area contributed by atoms with Gasteiger partial charge in [0.2, 0.25) is 11.8 Å². The van der Waals surface area contributed by atoms with Crippen molar-refractivity contribution >= 4 is 23.5 Å². The van der Waals surface area contributed by atoms with Gasteiger partial charge in [0, 0.05) is 23.9 Å². The van der Waals surface area contributed by atoms with Crippen LogP contribution in [0.3, 0.4) is 0 Å². The van der Waals surface area contributed by atoms with Crippen molar-refractivity contribution in [3.05, 3.63) is 35.5 Å². The van der Waals surface area contributed by atoms with Crippen LogP contribution in [0.15, 0.2) is 35.5 Å². The zero-order valence-electron chi connectivity index (χ0n) is 13.1. The SMILES string of the molecule is COC(=O)C1=C(C)NC(=O)C[C@H]1C(=O)Nc1cccc(OC)c1. The van der Waals surface area contributed by atoms with Gasteiger partial charge in [-0.1, -0.05) is 6.07 Å². The Kier molecular flexibility index (Phi) is 5.00. The van der Waals surface area contributed by atoms with Crippen molar-refractivity contribution in [3.8, 4) is 5.75 Å². The molecule has 7 heteroatoms. The minimum atomic E-state index is -0.901. The normalized spacial score (nSPS) is 17.3. The Bertz CT molecular complexity index is 681. The molecule has 7 nitrogen and oxygen atoms in total. The fourth-order valence-electron chi connectivity index (χ4n) is 2.44. The third kappa shape index (κ3) is 3.68. The number of rotatable bonds is 4. The number of nitrogens with one attached hydrogen (secondary N) is 2. The summed E-state index contributed by atoms with van der Waals surface area (Å²) in [6.45, 7) is 1.56. The fraction of sp³-hybridized carbons (Fsp3) is 0.312. The topological polar surface area (TPSA) is 93.7 Å². The molecular formula is C16H18N2O5. The van der Waals surface area contributed by atoms with Gasteiger partial charge in [0.15, 0.2) is 0 Å². The van der Waals surface area contributed by atoms with Crippen LogP contribution < -0.4 is 15.4 Å². The summed E-state index contributed by atoms with van der Waals surface area (Å²) in [6, 6.07) is 6.81. The van der Waals surface area contributed by atoms with Crippen molar-refractivity contribution in [1.82, 2.24) is 5.32 Å². The second kappa shape index (κ2) is 6.95. The van der Waals surface area contributed by atoms with Gasteiger partial charge in [-0.2, -0.15) is 0 Å². The molecule has 0 aromatic heterocycles. The van der Waals surface area contributed by atoms with Crippen LogP contribution >= 0.6 is 0 Å². The zero-order chi connectivity index (χ0) is 17.0. The maximum Gasteiger partial charge on any atom is 0.336 e. The molecule has 1 aliphatic heterocycles. The Morgan fingerprint density at radius 3 is 2.70 bits per heavy atom. The number of benzene rings is 1. The van der Waals surface area contributed by atoms with E-state index in [1.807, 2.05) is 0 Å². The molecule has 0 bridgehead atoms. The van der Waals surface area contributed by atoms with Crippen LogP contribution in [0.5, 0.6) is 5.75 Å². The molecule has 122 valence electrons. The minimum Gasteiger partial charge on any atom is -0.497 e. The van der Waals surface area contributed by atoms with Crippen LogP contribution in [0, 0.1) is 5.92 Å². The Hall–Kier alpha value is -2.83. The predicted molar refractivity (Wildman–Crippen MR) is 82.6 cm³/mol. The Balaban J connectivity index is 2.26. The first kappa shape index (κ1) is 16.5. The molecule has 2 rings (SSSR count). The number of anilines is 1. The molecule has 0 saturated carbocycles. The lowest BCUT2D eigenvalue weighted by atomic mass is 9.89. The van der Waals surface area contributed by atoms with E-state index in [1.54, 1.807) is 31.2 Å². The lowest BCUT2D eigenvalue weighted by molar-refractivity contribution is -0.139. The van der Waals surface area contributed by atoms with E-state index in [2.05, 4.69) is 10.6 Å². The molecule has 1 aromatic rings. The third-order valence-electron chi connectivity index (χ3n) is 3.53. The summed E-state index contributed by atoms with van der Waals surface area (Å²) >= 11 is 0. The van der Waals surface area contributed by atoms with E-state index >= 15 is 0 Å². The maximum atomic E-state index is 12.5. The minimum absolute atomic E-state index is 0.114. The van der Waals surface area contributed by atoms with Crippen LogP contribution in [0.25, 0.3) is 0 Å². The standard InChI is InChI=1S/C16H18N2O5/c1-9-14(16(21)23-3)12(8-13(19)17-9)15(20)18-10-5-4-6-11(7-10)22-2/h4-7,12H,8H2,1-3H3,(H,17,19)(H,18,20)/t12-/m1/s1. The number of carbonyl (C=O) groups is 3. The predicted octanol–water partition coefficient (Wildman–Crippen LogP) is 1.22. The lowest BCUT2D eigenvalue weighted by Crippen LogP contribution is -2.40. The van der Waals surface area contributed by atoms with Crippen LogP contribution in [0.4, 0.5) is 5.69 Å². The quantitative estimate of drug-likeness (QED) is 0.814. The van der Waals surface area contributed by atoms with E-state index < -0.39 is 17.8 Å². The average Bonchev–Trinajstić information content (AvgIpc) is 2.53. The number of methoxy groups -OCH3 is 2. The third-order valence-corrected chi connectivity index (χ3v) is 3.53. The zero-order valence-corrected chi connectivity index (χ0v) is 13.1. The first-order valence-corrected chi connectivity index (χ1v) is 7.00. The molecule has 0 unspecified atom stereocenters. The van der Waals surface area contributed by atoms with E-state index in [0.29, 0.717) is 17.1 Å². The summed E-state index contributed by atoms with van der Waals surface area (Å²) in [5.74, 6) is -1.71. The molecule has 1 aliphatic rings.